The number of nitrogens with zero attached hydrogens (tertiary/aromatic N) is 3. The van der Waals surface area contributed by atoms with Crippen LogP contribution >= 0.6 is 0 Å². The van der Waals surface area contributed by atoms with Gasteiger partial charge in [-0.2, -0.15) is 0 Å². The molecule has 1 saturated heterocycles. The Labute approximate surface area is 202 Å². The van der Waals surface area contributed by atoms with E-state index >= 15 is 0 Å². The Morgan fingerprint density at radius 2 is 1.85 bits per heavy atom. The molecule has 1 N–H and O–H groups in total. The number of likely N-dealkylation sites (tertiary alicyclic amines) is 1. The number of hydrogen-bond acceptors (Lipinski definition) is 7. The summed E-state index contributed by atoms with van der Waals surface area (Å²) in [6.45, 7) is 5.80. The fraction of sp³-hybridized carbons (Fsp3) is 0.680. The highest BCUT2D eigenvalue weighted by molar-refractivity contribution is 5.79. The smallest absolute Gasteiger partial charge is 0.308 e. The molecule has 0 bridgehead atoms. The van der Waals surface area contributed by atoms with Gasteiger partial charge in [-0.15, -0.1) is 0 Å². The number of unbranched alkanes of at least 4 members (excludes halogenated alkanes) is 2. The highest BCUT2D eigenvalue weighted by Gasteiger charge is 2.40. The summed E-state index contributed by atoms with van der Waals surface area (Å²) in [6.07, 6.45) is 4.00. The predicted octanol–water partition coefficient (Wildman–Crippen LogP) is 2.49. The quantitative estimate of drug-likeness (QED) is 0.434. The molecule has 190 valence electrons. The Morgan fingerprint density at radius 1 is 1.12 bits per heavy atom. The Bertz CT molecular complexity index is 846. The molecule has 0 saturated carbocycles. The third-order valence-electron chi connectivity index (χ3n) is 6.60. The largest absolute Gasteiger partial charge is 0.493 e. The summed E-state index contributed by atoms with van der Waals surface area (Å²) < 4.78 is 16.4. The maximum absolute atomic E-state index is 13.2. The number of ether oxygens (including phenoxy) is 3. The van der Waals surface area contributed by atoms with Crippen LogP contribution in [0.2, 0.25) is 0 Å². The van der Waals surface area contributed by atoms with E-state index in [4.69, 9.17) is 14.2 Å². The number of rotatable bonds is 13. The first-order chi connectivity index (χ1) is 16.3. The number of carboxylic acids is 1. The third-order valence-corrected chi connectivity index (χ3v) is 6.60. The molecule has 0 radical (unpaired) electrons. The normalized spacial score (nSPS) is 19.6. The van der Waals surface area contributed by atoms with E-state index in [0.717, 1.165) is 50.9 Å². The zero-order valence-corrected chi connectivity index (χ0v) is 20.9. The van der Waals surface area contributed by atoms with Crippen LogP contribution in [0.3, 0.4) is 0 Å². The minimum absolute atomic E-state index is 0.0753. The van der Waals surface area contributed by atoms with Crippen LogP contribution in [-0.2, 0) is 9.59 Å². The molecule has 2 heterocycles. The number of amides is 1. The number of aliphatic carboxylic acids is 1. The number of carbonyl (C=O) groups excluding carboxylic acids is 1. The van der Waals surface area contributed by atoms with Gasteiger partial charge in [0.1, 0.15) is 0 Å². The Kier molecular flexibility index (Phi) is 9.41. The number of hydrogen-bond donors (Lipinski definition) is 1. The molecule has 34 heavy (non-hydrogen) atoms. The predicted molar refractivity (Wildman–Crippen MR) is 129 cm³/mol. The fourth-order valence-corrected chi connectivity index (χ4v) is 4.70. The van der Waals surface area contributed by atoms with Crippen LogP contribution in [0.25, 0.3) is 0 Å². The fourth-order valence-electron chi connectivity index (χ4n) is 4.70. The van der Waals surface area contributed by atoms with E-state index in [0.29, 0.717) is 30.3 Å². The molecule has 9 heteroatoms. The summed E-state index contributed by atoms with van der Waals surface area (Å²) in [7, 11) is 5.66. The van der Waals surface area contributed by atoms with Crippen LogP contribution in [-0.4, -0.2) is 98.9 Å². The molecule has 2 unspecified atom stereocenters. The van der Waals surface area contributed by atoms with Crippen molar-refractivity contribution >= 4 is 11.9 Å². The Hall–Kier alpha value is -2.52. The number of methoxy groups -OCH3 is 1. The molecular weight excluding hydrogens is 438 g/mol. The van der Waals surface area contributed by atoms with Gasteiger partial charge in [-0.1, -0.05) is 13.3 Å². The minimum atomic E-state index is -0.858. The van der Waals surface area contributed by atoms with Gasteiger partial charge in [-0.25, -0.2) is 0 Å². The van der Waals surface area contributed by atoms with Crippen molar-refractivity contribution in [2.75, 3.05) is 67.3 Å². The minimum Gasteiger partial charge on any atom is -0.493 e. The van der Waals surface area contributed by atoms with Gasteiger partial charge in [0.15, 0.2) is 11.5 Å². The Balaban J connectivity index is 1.68. The molecule has 9 nitrogen and oxygen atoms in total. The molecule has 2 aliphatic heterocycles. The molecule has 1 aromatic rings. The lowest BCUT2D eigenvalue weighted by atomic mass is 9.88. The third kappa shape index (κ3) is 6.54. The summed E-state index contributed by atoms with van der Waals surface area (Å²) >= 11 is 0. The monoisotopic (exact) mass is 477 g/mol. The molecule has 3 rings (SSSR count). The zero-order valence-electron chi connectivity index (χ0n) is 20.9. The summed E-state index contributed by atoms with van der Waals surface area (Å²) in [5.41, 5.74) is 0.829. The maximum Gasteiger partial charge on any atom is 0.308 e. The topological polar surface area (TPSA) is 91.8 Å². The van der Waals surface area contributed by atoms with Gasteiger partial charge >= 0.3 is 5.97 Å². The number of benzene rings is 1. The molecular formula is C25H39N3O6. The summed E-state index contributed by atoms with van der Waals surface area (Å²) in [5, 5.41) is 9.92. The van der Waals surface area contributed by atoms with E-state index < -0.39 is 11.9 Å². The van der Waals surface area contributed by atoms with E-state index in [1.54, 1.807) is 7.11 Å². The SMILES string of the molecule is CCCCN(CCCCN(C)C)C(=O)CN1CC(C(=O)O)C(c2cc(OC)c3c(c2)OCO3)C1. The van der Waals surface area contributed by atoms with Crippen molar-refractivity contribution in [3.05, 3.63) is 17.7 Å². The molecule has 0 aromatic heterocycles. The first-order valence-corrected chi connectivity index (χ1v) is 12.2. The molecule has 0 spiro atoms. The first-order valence-electron chi connectivity index (χ1n) is 12.2. The van der Waals surface area contributed by atoms with E-state index in [-0.39, 0.29) is 25.2 Å². The number of carboxylic acid groups (broad SMARTS) is 1. The van der Waals surface area contributed by atoms with Gasteiger partial charge in [-0.3, -0.25) is 14.5 Å². The number of carbonyl (C=O) groups is 2. The molecule has 1 aromatic carbocycles. The standard InChI is InChI=1S/C25H39N3O6/c1-5-6-10-28(11-8-7-9-26(2)3)23(29)16-27-14-19(20(15-27)25(30)31)18-12-21(32-4)24-22(13-18)33-17-34-24/h12-13,19-20H,5-11,14-17H2,1-4H3,(H,30,31). The molecule has 1 fully saturated rings. The van der Waals surface area contributed by atoms with Crippen LogP contribution in [0.4, 0.5) is 0 Å². The van der Waals surface area contributed by atoms with Crippen molar-refractivity contribution in [2.45, 2.75) is 38.5 Å². The maximum atomic E-state index is 13.2. The lowest BCUT2D eigenvalue weighted by Gasteiger charge is -2.26. The lowest BCUT2D eigenvalue weighted by Crippen LogP contribution is -2.41. The Morgan fingerprint density at radius 3 is 2.53 bits per heavy atom. The van der Waals surface area contributed by atoms with Gasteiger partial charge in [0.25, 0.3) is 0 Å². The first kappa shape index (κ1) is 26.1. The van der Waals surface area contributed by atoms with Gasteiger partial charge in [0, 0.05) is 32.1 Å². The van der Waals surface area contributed by atoms with Gasteiger partial charge in [-0.05, 0) is 57.6 Å². The van der Waals surface area contributed by atoms with Crippen LogP contribution in [0.5, 0.6) is 17.2 Å². The van der Waals surface area contributed by atoms with Crippen LogP contribution < -0.4 is 14.2 Å². The van der Waals surface area contributed by atoms with Gasteiger partial charge in [0.2, 0.25) is 18.4 Å². The lowest BCUT2D eigenvalue weighted by molar-refractivity contribution is -0.142. The van der Waals surface area contributed by atoms with Gasteiger partial charge in [0.05, 0.1) is 19.6 Å². The summed E-state index contributed by atoms with van der Waals surface area (Å²) in [6, 6.07) is 3.67. The van der Waals surface area contributed by atoms with Gasteiger partial charge < -0.3 is 29.1 Å². The van der Waals surface area contributed by atoms with Crippen LogP contribution in [0.1, 0.15) is 44.1 Å². The summed E-state index contributed by atoms with van der Waals surface area (Å²) in [5.74, 6) is -0.0120. The van der Waals surface area contributed by atoms with Crippen LogP contribution in [0.15, 0.2) is 12.1 Å². The van der Waals surface area contributed by atoms with Crippen molar-refractivity contribution in [3.63, 3.8) is 0 Å². The van der Waals surface area contributed by atoms with E-state index in [2.05, 4.69) is 25.9 Å². The number of fused-ring (bicyclic) bond motifs is 1. The second kappa shape index (κ2) is 12.3. The highest BCUT2D eigenvalue weighted by atomic mass is 16.7. The summed E-state index contributed by atoms with van der Waals surface area (Å²) in [4.78, 5) is 31.3. The van der Waals surface area contributed by atoms with E-state index in [1.807, 2.05) is 21.9 Å². The average molecular weight is 478 g/mol. The molecule has 1 amide bonds. The van der Waals surface area contributed by atoms with E-state index in [9.17, 15) is 14.7 Å². The van der Waals surface area contributed by atoms with Crippen LogP contribution in [0, 0.1) is 5.92 Å². The second-order valence-corrected chi connectivity index (χ2v) is 9.45. The van der Waals surface area contributed by atoms with Crippen molar-refractivity contribution < 1.29 is 28.9 Å². The average Bonchev–Trinajstić information content (AvgIpc) is 3.44. The van der Waals surface area contributed by atoms with E-state index in [1.165, 1.54) is 0 Å². The molecule has 2 atom stereocenters. The van der Waals surface area contributed by atoms with Crippen molar-refractivity contribution in [1.82, 2.24) is 14.7 Å². The molecule has 2 aliphatic rings. The van der Waals surface area contributed by atoms with Crippen molar-refractivity contribution in [3.8, 4) is 17.2 Å². The zero-order chi connectivity index (χ0) is 24.7. The molecule has 0 aliphatic carbocycles. The van der Waals surface area contributed by atoms with Crippen molar-refractivity contribution in [2.24, 2.45) is 5.92 Å². The highest BCUT2D eigenvalue weighted by Crippen LogP contribution is 2.45. The van der Waals surface area contributed by atoms with Crippen molar-refractivity contribution in [1.29, 1.82) is 0 Å². The second-order valence-electron chi connectivity index (χ2n) is 9.45.